The van der Waals surface area contributed by atoms with Crippen molar-refractivity contribution in [1.82, 2.24) is 5.32 Å². The van der Waals surface area contributed by atoms with Crippen molar-refractivity contribution in [1.29, 1.82) is 0 Å². The molecule has 0 aromatic carbocycles. The summed E-state index contributed by atoms with van der Waals surface area (Å²) in [6.45, 7) is 66.4. The van der Waals surface area contributed by atoms with E-state index in [2.05, 4.69) is 54.3 Å². The van der Waals surface area contributed by atoms with Gasteiger partial charge in [0.25, 0.3) is 0 Å². The number of nitrogens with two attached hydrogens (primary N) is 1. The maximum Gasteiger partial charge on any atom is 0.469 e. The molecule has 40 heteroatoms. The van der Waals surface area contributed by atoms with Crippen molar-refractivity contribution in [3.63, 3.8) is 0 Å². The van der Waals surface area contributed by atoms with Crippen LogP contribution in [0.3, 0.4) is 0 Å². The van der Waals surface area contributed by atoms with E-state index in [-0.39, 0.29) is 152 Å². The Morgan fingerprint density at radius 3 is 0.908 bits per heavy atom. The van der Waals surface area contributed by atoms with E-state index in [4.69, 9.17) is 64.8 Å². The highest BCUT2D eigenvalue weighted by atomic mass is 32.3. The van der Waals surface area contributed by atoms with Gasteiger partial charge in [-0.2, -0.15) is 21.0 Å². The monoisotopic (exact) mass is 2020 g/mol. The third-order valence-corrected chi connectivity index (χ3v) is 25.7. The quantitative estimate of drug-likeness (QED) is 0.0116. The Labute approximate surface area is 797 Å². The van der Waals surface area contributed by atoms with Crippen LogP contribution in [0.15, 0.2) is 0 Å². The molecule has 1 amide bonds. The maximum atomic E-state index is 11.8. The van der Waals surface area contributed by atoms with E-state index >= 15 is 0 Å². The van der Waals surface area contributed by atoms with Gasteiger partial charge in [0.15, 0.2) is 0 Å². The summed E-state index contributed by atoms with van der Waals surface area (Å²) in [5.74, 6) is 0.107. The number of hydrogen-bond acceptors (Lipinski definition) is 23. The Hall–Kier alpha value is -2.94. The zero-order valence-electron chi connectivity index (χ0n) is 86.9. The van der Waals surface area contributed by atoms with E-state index in [1.807, 2.05) is 145 Å². The molecule has 131 heavy (non-hydrogen) atoms. The molecule has 0 aromatic rings. The molecule has 0 aliphatic carbocycles. The number of phosphoric acid groups is 1. The third-order valence-electron chi connectivity index (χ3n) is 18.3. The molecule has 0 aromatic heterocycles. The molecule has 0 heterocycles. The lowest BCUT2D eigenvalue weighted by Gasteiger charge is -2.26. The summed E-state index contributed by atoms with van der Waals surface area (Å²) in [4.78, 5) is 193. The minimum absolute atomic E-state index is 0.0384. The number of carbonyl (C=O) groups excluding carboxylic acids is 10. The molecule has 1 unspecified atom stereocenters. The summed E-state index contributed by atoms with van der Waals surface area (Å²) < 4.78 is 78.6. The van der Waals surface area contributed by atoms with Gasteiger partial charge in [0.05, 0.1) is 25.3 Å². The first kappa shape index (κ1) is 148. The van der Waals surface area contributed by atoms with E-state index in [0.717, 1.165) is 55.6 Å². The van der Waals surface area contributed by atoms with Crippen LogP contribution in [-0.4, -0.2) is 213 Å². The van der Waals surface area contributed by atoms with Crippen LogP contribution in [0, 0.1) is 60.1 Å². The van der Waals surface area contributed by atoms with Crippen LogP contribution < -0.4 is 11.1 Å². The molecule has 15 N–H and O–H groups in total. The maximum absolute atomic E-state index is 11.8. The number of aliphatic carboxylic acids is 1. The first-order valence-electron chi connectivity index (χ1n) is 45.1. The van der Waals surface area contributed by atoms with Crippen molar-refractivity contribution in [2.24, 2.45) is 65.8 Å². The highest BCUT2D eigenvalue weighted by Gasteiger charge is 2.32. The Kier molecular flexibility index (Phi) is 80.9. The van der Waals surface area contributed by atoms with Crippen LogP contribution in [0.2, 0.25) is 0 Å². The molecule has 0 rings (SSSR count). The normalized spacial score (nSPS) is 12.7. The Balaban J connectivity index is -0.000000156. The number of amides is 1. The second-order valence-corrected chi connectivity index (χ2v) is 54.6. The van der Waals surface area contributed by atoms with E-state index in [1.165, 1.54) is 6.16 Å². The summed E-state index contributed by atoms with van der Waals surface area (Å²) in [6, 6.07) is 0. The zero-order chi connectivity index (χ0) is 107. The van der Waals surface area contributed by atoms with Crippen LogP contribution >= 0.6 is 51.2 Å². The predicted molar refractivity (Wildman–Crippen MR) is 531 cm³/mol. The largest absolute Gasteiger partial charge is 0.481 e. The van der Waals surface area contributed by atoms with Gasteiger partial charge in [-0.15, -0.1) is 7.92 Å². The van der Waals surface area contributed by atoms with Crippen molar-refractivity contribution >= 4 is 125 Å². The summed E-state index contributed by atoms with van der Waals surface area (Å²) in [6.07, 6.45) is 11.8. The molecule has 33 nitrogen and oxygen atoms in total. The van der Waals surface area contributed by atoms with Gasteiger partial charge >= 0.3 is 47.0 Å². The van der Waals surface area contributed by atoms with Crippen molar-refractivity contribution in [2.75, 3.05) is 69.9 Å². The number of nitrogens with one attached hydrogen (secondary N) is 1. The second-order valence-electron chi connectivity index (χ2n) is 43.0. The fourth-order valence-electron chi connectivity index (χ4n) is 9.17. The average Bonchev–Trinajstić information content (AvgIpc) is 0.875. The van der Waals surface area contributed by atoms with Gasteiger partial charge in [0.1, 0.15) is 52.0 Å². The molecule has 0 saturated carbocycles. The summed E-state index contributed by atoms with van der Waals surface area (Å²) >= 11 is 4.04. The second kappa shape index (κ2) is 71.5. The van der Waals surface area contributed by atoms with E-state index < -0.39 is 80.7 Å². The lowest BCUT2D eigenvalue weighted by atomic mass is 9.84. The Morgan fingerprint density at radius 2 is 0.649 bits per heavy atom. The molecule has 1 atom stereocenters. The van der Waals surface area contributed by atoms with E-state index in [1.54, 1.807) is 62.3 Å². The molecule has 0 aliphatic rings. The molecular weight excluding hydrogens is 1840 g/mol. The summed E-state index contributed by atoms with van der Waals surface area (Å²) in [5, 5.41) is 28.5. The van der Waals surface area contributed by atoms with E-state index in [9.17, 15) is 79.4 Å². The first-order chi connectivity index (χ1) is 58.0. The number of rotatable bonds is 45. The van der Waals surface area contributed by atoms with Gasteiger partial charge < -0.3 is 65.5 Å². The molecule has 0 spiro atoms. The number of ketones is 9. The lowest BCUT2D eigenvalue weighted by Crippen LogP contribution is -2.35. The number of aliphatic hydroxyl groups excluding tert-OH is 2. The number of hydrogen-bond donors (Lipinski definition) is 15. The standard InChI is InChI=1S/C14H29OP.C10H19O6P.C9H20NO4P.C9H19O4P.C9H18O2.C8H17NO.C8H17O5P.C8H16O5S.C8H16O2.C8H16OS/c1-11(2)16(12(3)4)10-8-9-13(15)14(5,6)7;1-10(2,3)8(11)6-7(9(12)13)4-5-17(14,15)16;1-9(2,3)8(11)10-6-4-5-7-15(12,13)14;1-9(2,3)8(10)6-4-5-7-14(11,12)13;1-9(2,3)8(11)6-4-5-7-10;1-8(2,3)7(10)5-4-6-9;2*1-8(2,3)7(9)5-4-6-13-14(10,11)12;1-8(2,3)7(10)5-4-6-9;1-8(2,3)7(9)5-4-6-10/h11-12H,8-10H2,1-7H3;7H,4-6H2,1-3H3,(H,12,13)(H2,14,15,16);4-7H2,1-3H3,(H,10,11)(H2,12,13,14);4-7H2,1-3H3,(H2,11,12,13);10H,4-7H2,1-3H3;4-6,9H2,1-3H3;4-6H2,1-3H3,(H2,10,11,12);4-6H2,1-3H3,(H,10,11,12);9H,4-6H2,1-3H3;10H,4-6H2,1-3H3. The molecule has 0 fully saturated rings. The van der Waals surface area contributed by atoms with Crippen LogP contribution in [0.25, 0.3) is 0 Å². The Bertz CT molecular complexity index is 3400. The number of carbonyl (C=O) groups is 11. The molecule has 0 saturated heterocycles. The highest BCUT2D eigenvalue weighted by Crippen LogP contribution is 2.47. The predicted octanol–water partition coefficient (Wildman–Crippen LogP) is 18.5. The molecular formula is C91H187N2O31P5S2. The van der Waals surface area contributed by atoms with E-state index in [0.29, 0.717) is 101 Å². The highest BCUT2D eigenvalue weighted by molar-refractivity contribution is 7.81. The minimum atomic E-state index is -4.38. The van der Waals surface area contributed by atoms with Crippen molar-refractivity contribution in [3.05, 3.63) is 0 Å². The Morgan fingerprint density at radius 1 is 0.374 bits per heavy atom. The number of aliphatic hydroxyl groups is 2. The van der Waals surface area contributed by atoms with Gasteiger partial charge in [-0.3, -0.25) is 75.5 Å². The number of carboxylic acid groups (broad SMARTS) is 1. The van der Waals surface area contributed by atoms with Gasteiger partial charge in [-0.25, -0.2) is 8.75 Å². The number of unbranched alkanes of at least 4 members (excludes halogenated alkanes) is 3. The van der Waals surface area contributed by atoms with Crippen molar-refractivity contribution in [2.45, 2.75) is 388 Å². The molecule has 0 radical (unpaired) electrons. The topological polar surface area (TPSA) is 589 Å². The minimum Gasteiger partial charge on any atom is -0.481 e. The van der Waals surface area contributed by atoms with Crippen molar-refractivity contribution in [3.8, 4) is 0 Å². The first-order valence-corrected chi connectivity index (χ1v) is 55.7. The lowest BCUT2D eigenvalue weighted by molar-refractivity contribution is -0.145. The SMILES string of the molecule is CC(C)(C)C(=O)CC(CCP(=O)(O)O)C(=O)O.CC(C)(C)C(=O)CCCCO.CC(C)(C)C(=O)CCCCP(=O)(O)O.CC(C)(C)C(=O)CCCN.CC(C)(C)C(=O)CCCO.CC(C)(C)C(=O)CCCOP(=O)(O)O.CC(C)(C)C(=O)CCCOS(=O)(=O)O.CC(C)(C)C(=O)CCCS.CC(C)(C)C(=O)NCCCCP(=O)(O)O.CC(C)P(CCCC(=O)C(C)(C)C)C(C)C. The summed E-state index contributed by atoms with van der Waals surface area (Å²) in [7, 11) is -20.6. The summed E-state index contributed by atoms with van der Waals surface area (Å²) in [5.41, 5.74) is 3.67. The number of thiol groups is 1. The third kappa shape index (κ3) is 109. The van der Waals surface area contributed by atoms with Gasteiger partial charge in [-0.1, -0.05) is 235 Å². The molecule has 784 valence electrons. The van der Waals surface area contributed by atoms with Gasteiger partial charge in [-0.05, 0) is 113 Å². The number of Topliss-reactive ketones (excluding diaryl/α,β-unsaturated/α-hetero) is 9. The van der Waals surface area contributed by atoms with Crippen LogP contribution in [0.5, 0.6) is 0 Å². The van der Waals surface area contributed by atoms with Crippen LogP contribution in [-0.2, 0) is 90.1 Å². The van der Waals surface area contributed by atoms with Crippen LogP contribution in [0.4, 0.5) is 0 Å². The molecule has 0 bridgehead atoms. The van der Waals surface area contributed by atoms with Gasteiger partial charge in [0.2, 0.25) is 5.91 Å². The number of phosphoric ester groups is 1. The zero-order valence-corrected chi connectivity index (χ0v) is 93.0. The van der Waals surface area contributed by atoms with Crippen molar-refractivity contribution < 1.29 is 147 Å². The fourth-order valence-corrected chi connectivity index (χ4v) is 14.7. The van der Waals surface area contributed by atoms with Crippen LogP contribution in [0.1, 0.15) is 377 Å². The molecule has 0 aliphatic heterocycles. The number of carboxylic acids is 1. The van der Waals surface area contributed by atoms with Gasteiger partial charge in [0, 0.05) is 144 Å². The fraction of sp³-hybridized carbons (Fsp3) is 0.879. The smallest absolute Gasteiger partial charge is 0.469 e. The average molecular weight is 2020 g/mol.